The van der Waals surface area contributed by atoms with Crippen molar-refractivity contribution in [1.29, 1.82) is 0 Å². The van der Waals surface area contributed by atoms with Gasteiger partial charge >= 0.3 is 0 Å². The summed E-state index contributed by atoms with van der Waals surface area (Å²) in [5.41, 5.74) is 7.66. The molecule has 3 N–H and O–H groups in total. The highest BCUT2D eigenvalue weighted by atomic mass is 35.5. The van der Waals surface area contributed by atoms with Gasteiger partial charge in [0.1, 0.15) is 16.7 Å². The van der Waals surface area contributed by atoms with Crippen molar-refractivity contribution in [2.75, 3.05) is 23.7 Å². The summed E-state index contributed by atoms with van der Waals surface area (Å²) in [5.74, 6) is 2.20. The minimum Gasteiger partial charge on any atom is -0.463 e. The van der Waals surface area contributed by atoms with Crippen molar-refractivity contribution < 1.29 is 4.42 Å². The molecule has 0 aliphatic carbocycles. The van der Waals surface area contributed by atoms with Gasteiger partial charge in [0.25, 0.3) is 0 Å². The summed E-state index contributed by atoms with van der Waals surface area (Å²) in [6, 6.07) is 7.59. The molecule has 0 amide bonds. The van der Waals surface area contributed by atoms with Gasteiger partial charge in [0.2, 0.25) is 5.95 Å². The summed E-state index contributed by atoms with van der Waals surface area (Å²) in [6.07, 6.45) is 3.66. The normalized spacial score (nSPS) is 15.8. The molecule has 4 heterocycles. The second-order valence-corrected chi connectivity index (χ2v) is 6.24. The molecule has 0 aromatic carbocycles. The van der Waals surface area contributed by atoms with E-state index in [-0.39, 0.29) is 5.95 Å². The number of furan rings is 1. The van der Waals surface area contributed by atoms with Crippen molar-refractivity contribution in [3.63, 3.8) is 0 Å². The molecule has 0 saturated carbocycles. The second-order valence-electron chi connectivity index (χ2n) is 5.85. The first-order valence-corrected chi connectivity index (χ1v) is 8.21. The molecule has 8 heteroatoms. The first-order chi connectivity index (χ1) is 11.7. The third-order valence-electron chi connectivity index (χ3n) is 4.33. The quantitative estimate of drug-likeness (QED) is 0.709. The molecule has 3 aromatic heterocycles. The molecular weight excluding hydrogens is 328 g/mol. The molecule has 0 atom stereocenters. The van der Waals surface area contributed by atoms with Gasteiger partial charge in [-0.05, 0) is 31.0 Å². The molecule has 4 rings (SSSR count). The zero-order valence-electron chi connectivity index (χ0n) is 12.9. The van der Waals surface area contributed by atoms with Gasteiger partial charge in [0, 0.05) is 30.8 Å². The van der Waals surface area contributed by atoms with Crippen LogP contribution in [-0.4, -0.2) is 33.3 Å². The number of rotatable bonds is 3. The Morgan fingerprint density at radius 1 is 1.25 bits per heavy atom. The summed E-state index contributed by atoms with van der Waals surface area (Å²) in [5, 5.41) is 7.86. The first-order valence-electron chi connectivity index (χ1n) is 7.83. The van der Waals surface area contributed by atoms with Gasteiger partial charge in [-0.1, -0.05) is 11.6 Å². The monoisotopic (exact) mass is 344 g/mol. The number of nitrogens with one attached hydrogen (secondary N) is 1. The van der Waals surface area contributed by atoms with E-state index in [4.69, 9.17) is 21.8 Å². The van der Waals surface area contributed by atoms with Gasteiger partial charge < -0.3 is 15.1 Å². The van der Waals surface area contributed by atoms with Crippen LogP contribution in [0, 0.1) is 0 Å². The fourth-order valence-electron chi connectivity index (χ4n) is 3.10. The van der Waals surface area contributed by atoms with Crippen LogP contribution in [0.1, 0.15) is 24.5 Å². The van der Waals surface area contributed by atoms with Gasteiger partial charge in [0.05, 0.1) is 6.26 Å². The van der Waals surface area contributed by atoms with Gasteiger partial charge in [-0.3, -0.25) is 5.10 Å². The topological polar surface area (TPSA) is 96.9 Å². The van der Waals surface area contributed by atoms with Crippen LogP contribution in [0.2, 0.25) is 5.15 Å². The predicted molar refractivity (Wildman–Crippen MR) is 91.9 cm³/mol. The van der Waals surface area contributed by atoms with Crippen LogP contribution < -0.4 is 10.6 Å². The molecule has 0 radical (unpaired) electrons. The number of aromatic nitrogens is 4. The third-order valence-corrected chi connectivity index (χ3v) is 4.52. The third kappa shape index (κ3) is 2.94. The molecule has 3 aromatic rings. The lowest BCUT2D eigenvalue weighted by molar-refractivity contribution is 0.493. The predicted octanol–water partition coefficient (Wildman–Crippen LogP) is 3.08. The smallest absolute Gasteiger partial charge is 0.223 e. The van der Waals surface area contributed by atoms with E-state index < -0.39 is 0 Å². The Balaban J connectivity index is 1.44. The van der Waals surface area contributed by atoms with Crippen LogP contribution >= 0.6 is 11.6 Å². The van der Waals surface area contributed by atoms with Crippen molar-refractivity contribution in [1.82, 2.24) is 20.2 Å². The van der Waals surface area contributed by atoms with Crippen molar-refractivity contribution in [2.24, 2.45) is 0 Å². The number of piperidine rings is 1. The van der Waals surface area contributed by atoms with Crippen LogP contribution in [0.15, 0.2) is 34.9 Å². The number of hydrogen-bond acceptors (Lipinski definition) is 6. The largest absolute Gasteiger partial charge is 0.463 e. The number of aromatic amines is 1. The standard InChI is InChI=1S/C16H17ClN6O/c17-14-9-15(20-16(18)19-14)23-5-3-10(4-6-23)11-8-12(22-21-11)13-2-1-7-24-13/h1-2,7-10H,3-6H2,(H,21,22)(H2,18,19,20). The van der Waals surface area contributed by atoms with Crippen LogP contribution in [0.5, 0.6) is 0 Å². The Bertz CT molecular complexity index is 803. The molecule has 1 aliphatic rings. The summed E-state index contributed by atoms with van der Waals surface area (Å²) < 4.78 is 5.39. The molecule has 0 unspecified atom stereocenters. The highest BCUT2D eigenvalue weighted by molar-refractivity contribution is 6.29. The fraction of sp³-hybridized carbons (Fsp3) is 0.312. The number of halogens is 1. The van der Waals surface area contributed by atoms with Crippen molar-refractivity contribution in [3.05, 3.63) is 41.4 Å². The highest BCUT2D eigenvalue weighted by Crippen LogP contribution is 2.31. The van der Waals surface area contributed by atoms with E-state index in [1.54, 1.807) is 12.3 Å². The average Bonchev–Trinajstić information content (AvgIpc) is 3.25. The lowest BCUT2D eigenvalue weighted by atomic mass is 9.93. The molecule has 1 fully saturated rings. The van der Waals surface area contributed by atoms with E-state index >= 15 is 0 Å². The van der Waals surface area contributed by atoms with Crippen molar-refractivity contribution >= 4 is 23.4 Å². The van der Waals surface area contributed by atoms with Crippen LogP contribution in [-0.2, 0) is 0 Å². The Kier molecular flexibility index (Phi) is 3.86. The summed E-state index contributed by atoms with van der Waals surface area (Å²) >= 11 is 5.97. The number of nitrogens with zero attached hydrogens (tertiary/aromatic N) is 4. The Hall–Kier alpha value is -2.54. The molecule has 0 bridgehead atoms. The van der Waals surface area contributed by atoms with Gasteiger partial charge in [0.15, 0.2) is 5.76 Å². The fourth-order valence-corrected chi connectivity index (χ4v) is 3.28. The first kappa shape index (κ1) is 15.0. The summed E-state index contributed by atoms with van der Waals surface area (Å²) in [6.45, 7) is 1.76. The maximum Gasteiger partial charge on any atom is 0.223 e. The van der Waals surface area contributed by atoms with Gasteiger partial charge in [-0.15, -0.1) is 0 Å². The second kappa shape index (κ2) is 6.16. The summed E-state index contributed by atoms with van der Waals surface area (Å²) in [7, 11) is 0. The van der Waals surface area contributed by atoms with Crippen molar-refractivity contribution in [3.8, 4) is 11.5 Å². The Morgan fingerprint density at radius 2 is 2.08 bits per heavy atom. The van der Waals surface area contributed by atoms with Gasteiger partial charge in [-0.25, -0.2) is 4.98 Å². The lowest BCUT2D eigenvalue weighted by Gasteiger charge is -2.32. The van der Waals surface area contributed by atoms with Crippen LogP contribution in [0.25, 0.3) is 11.5 Å². The minimum atomic E-state index is 0.205. The number of H-pyrrole nitrogens is 1. The van der Waals surface area contributed by atoms with E-state index in [1.165, 1.54) is 0 Å². The average molecular weight is 345 g/mol. The van der Waals surface area contributed by atoms with Crippen molar-refractivity contribution in [2.45, 2.75) is 18.8 Å². The molecule has 24 heavy (non-hydrogen) atoms. The van der Waals surface area contributed by atoms with E-state index in [0.29, 0.717) is 11.1 Å². The Morgan fingerprint density at radius 3 is 2.79 bits per heavy atom. The summed E-state index contributed by atoms with van der Waals surface area (Å²) in [4.78, 5) is 10.4. The van der Waals surface area contributed by atoms with E-state index in [9.17, 15) is 0 Å². The van der Waals surface area contributed by atoms with E-state index in [0.717, 1.165) is 48.9 Å². The highest BCUT2D eigenvalue weighted by Gasteiger charge is 2.24. The molecule has 124 valence electrons. The minimum absolute atomic E-state index is 0.205. The van der Waals surface area contributed by atoms with Crippen LogP contribution in [0.4, 0.5) is 11.8 Å². The van der Waals surface area contributed by atoms with Crippen LogP contribution in [0.3, 0.4) is 0 Å². The molecule has 7 nitrogen and oxygen atoms in total. The molecule has 1 aliphatic heterocycles. The number of hydrogen-bond donors (Lipinski definition) is 2. The number of nitrogens with two attached hydrogens (primary N) is 1. The number of nitrogen functional groups attached to an aromatic ring is 1. The zero-order chi connectivity index (χ0) is 16.5. The van der Waals surface area contributed by atoms with E-state index in [1.807, 2.05) is 12.1 Å². The Labute approximate surface area is 143 Å². The lowest BCUT2D eigenvalue weighted by Crippen LogP contribution is -2.33. The molecular formula is C16H17ClN6O. The number of anilines is 2. The zero-order valence-corrected chi connectivity index (χ0v) is 13.7. The SMILES string of the molecule is Nc1nc(Cl)cc(N2CCC(c3cc(-c4ccco4)n[nH]3)CC2)n1. The van der Waals surface area contributed by atoms with E-state index in [2.05, 4.69) is 31.1 Å². The maximum absolute atomic E-state index is 5.97. The van der Waals surface area contributed by atoms with Gasteiger partial charge in [-0.2, -0.15) is 10.1 Å². The maximum atomic E-state index is 5.97. The molecule has 0 spiro atoms. The molecule has 1 saturated heterocycles.